The zero-order valence-electron chi connectivity index (χ0n) is 34.4. The lowest BCUT2D eigenvalue weighted by atomic mass is 9.46. The average molecular weight is 777 g/mol. The van der Waals surface area contributed by atoms with Crippen molar-refractivity contribution >= 4 is 35.8 Å². The molecule has 0 aromatic heterocycles. The molecular formula is C41H60O14. The molecule has 11 atom stereocenters. The highest BCUT2D eigenvalue weighted by Gasteiger charge is 2.62. The van der Waals surface area contributed by atoms with Gasteiger partial charge in [-0.1, -0.05) is 44.6 Å². The third-order valence-corrected chi connectivity index (χ3v) is 11.0. The highest BCUT2D eigenvalue weighted by atomic mass is 16.7. The molecule has 55 heavy (non-hydrogen) atoms. The van der Waals surface area contributed by atoms with E-state index in [2.05, 4.69) is 26.5 Å². The molecule has 2 aliphatic carbocycles. The molecule has 0 N–H and O–H groups in total. The van der Waals surface area contributed by atoms with E-state index in [0.29, 0.717) is 31.3 Å². The Labute approximate surface area is 324 Å². The standard InChI is InChI=1S/C41H60O14/c1-21(2)18-34(47)55-38-31(54-39-37(53-29(10)46)36(52-28(9)45)35(24(5)49-39)51-27(8)44)19-41(13)30(22(3)15-17-33(41)40(38,11)12)16-14-23(4)32(50-26(7)43)20-48-25(6)42/h15,18,24,30-33,35-39H,4,14,16-17,19-20H2,1-3,5-13H3. The van der Waals surface area contributed by atoms with Crippen LogP contribution in [-0.2, 0) is 66.7 Å². The number of ether oxygens (including phenoxy) is 8. The molecule has 1 saturated heterocycles. The molecule has 2 fully saturated rings. The SMILES string of the molecule is C=C(CCC1C(C)=CCC2C(C)(C)C(OC(=O)C=C(C)C)C(OC3OC(C)C(OC(C)=O)C(OC(C)=O)C3OC(C)=O)CC12C)C(COC(C)=O)OC(C)=O. The molecule has 308 valence electrons. The quantitative estimate of drug-likeness (QED) is 0.0917. The van der Waals surface area contributed by atoms with Crippen LogP contribution in [0.5, 0.6) is 0 Å². The number of fused-ring (bicyclic) bond motifs is 1. The van der Waals surface area contributed by atoms with E-state index in [1.807, 2.05) is 13.8 Å². The van der Waals surface area contributed by atoms with Gasteiger partial charge < -0.3 is 37.9 Å². The Balaban J connectivity index is 2.09. The molecular weight excluding hydrogens is 716 g/mol. The number of hydrogen-bond donors (Lipinski definition) is 0. The Morgan fingerprint density at radius 2 is 1.44 bits per heavy atom. The first-order chi connectivity index (χ1) is 25.5. The lowest BCUT2D eigenvalue weighted by molar-refractivity contribution is -0.329. The predicted octanol–water partition coefficient (Wildman–Crippen LogP) is 5.64. The number of allylic oxidation sites excluding steroid dienone is 3. The van der Waals surface area contributed by atoms with Crippen molar-refractivity contribution in [3.05, 3.63) is 35.5 Å². The highest BCUT2D eigenvalue weighted by Crippen LogP contribution is 2.62. The Bertz CT molecular complexity index is 1540. The summed E-state index contributed by atoms with van der Waals surface area (Å²) < 4.78 is 46.9. The largest absolute Gasteiger partial charge is 0.462 e. The van der Waals surface area contributed by atoms with Crippen molar-refractivity contribution in [2.45, 2.75) is 158 Å². The lowest BCUT2D eigenvalue weighted by Crippen LogP contribution is -2.65. The maximum atomic E-state index is 13.3. The first kappa shape index (κ1) is 45.4. The monoisotopic (exact) mass is 776 g/mol. The fourth-order valence-corrected chi connectivity index (χ4v) is 8.80. The van der Waals surface area contributed by atoms with Crippen LogP contribution in [0.2, 0.25) is 0 Å². The first-order valence-corrected chi connectivity index (χ1v) is 18.8. The summed E-state index contributed by atoms with van der Waals surface area (Å²) in [6.07, 6.45) is -2.69. The van der Waals surface area contributed by atoms with Gasteiger partial charge in [0.1, 0.15) is 12.7 Å². The molecule has 0 radical (unpaired) electrons. The van der Waals surface area contributed by atoms with Gasteiger partial charge in [-0.3, -0.25) is 24.0 Å². The van der Waals surface area contributed by atoms with Crippen molar-refractivity contribution in [3.8, 4) is 0 Å². The molecule has 0 amide bonds. The smallest absolute Gasteiger partial charge is 0.331 e. The van der Waals surface area contributed by atoms with Crippen LogP contribution in [-0.4, -0.2) is 91.4 Å². The topological polar surface area (TPSA) is 176 Å². The van der Waals surface area contributed by atoms with Crippen LogP contribution in [0.1, 0.15) is 109 Å². The number of rotatable bonds is 14. The van der Waals surface area contributed by atoms with Crippen LogP contribution in [0.3, 0.4) is 0 Å². The molecule has 3 rings (SSSR count). The summed E-state index contributed by atoms with van der Waals surface area (Å²) in [5, 5.41) is 0. The molecule has 0 spiro atoms. The van der Waals surface area contributed by atoms with E-state index in [0.717, 1.165) is 11.1 Å². The normalized spacial score (nSPS) is 31.6. The van der Waals surface area contributed by atoms with Gasteiger partial charge >= 0.3 is 35.8 Å². The van der Waals surface area contributed by atoms with Gasteiger partial charge in [-0.2, -0.15) is 0 Å². The van der Waals surface area contributed by atoms with Crippen LogP contribution in [0.4, 0.5) is 0 Å². The van der Waals surface area contributed by atoms with E-state index in [4.69, 9.17) is 37.9 Å². The van der Waals surface area contributed by atoms with Crippen molar-refractivity contribution in [1.82, 2.24) is 0 Å². The fraction of sp³-hybridized carbons (Fsp3) is 0.707. The second kappa shape index (κ2) is 18.7. The van der Waals surface area contributed by atoms with Gasteiger partial charge in [-0.05, 0) is 76.2 Å². The second-order valence-corrected chi connectivity index (χ2v) is 16.1. The molecule has 11 unspecified atom stereocenters. The molecule has 1 saturated carbocycles. The Morgan fingerprint density at radius 1 is 0.855 bits per heavy atom. The van der Waals surface area contributed by atoms with Gasteiger partial charge in [0.05, 0.1) is 12.2 Å². The Hall–Kier alpha value is -4.04. The third kappa shape index (κ3) is 11.5. The zero-order valence-corrected chi connectivity index (χ0v) is 34.4. The van der Waals surface area contributed by atoms with Gasteiger partial charge in [-0.15, -0.1) is 0 Å². The van der Waals surface area contributed by atoms with Crippen LogP contribution in [0, 0.1) is 22.7 Å². The Morgan fingerprint density at radius 3 is 1.98 bits per heavy atom. The van der Waals surface area contributed by atoms with Crippen LogP contribution in [0.15, 0.2) is 35.5 Å². The second-order valence-electron chi connectivity index (χ2n) is 16.1. The van der Waals surface area contributed by atoms with E-state index in [-0.39, 0.29) is 18.4 Å². The van der Waals surface area contributed by atoms with Gasteiger partial charge in [0.15, 0.2) is 30.7 Å². The molecule has 14 nitrogen and oxygen atoms in total. The van der Waals surface area contributed by atoms with Crippen molar-refractivity contribution in [3.63, 3.8) is 0 Å². The number of carbonyl (C=O) groups is 6. The summed E-state index contributed by atoms with van der Waals surface area (Å²) in [6, 6.07) is 0. The van der Waals surface area contributed by atoms with Crippen molar-refractivity contribution in [1.29, 1.82) is 0 Å². The summed E-state index contributed by atoms with van der Waals surface area (Å²) in [5.74, 6) is -3.71. The van der Waals surface area contributed by atoms with E-state index in [1.165, 1.54) is 40.7 Å². The van der Waals surface area contributed by atoms with E-state index in [1.54, 1.807) is 20.8 Å². The Kier molecular flexibility index (Phi) is 15.4. The van der Waals surface area contributed by atoms with E-state index >= 15 is 0 Å². The summed E-state index contributed by atoms with van der Waals surface area (Å²) in [6.45, 7) is 23.7. The van der Waals surface area contributed by atoms with E-state index < -0.39 is 95.7 Å². The zero-order chi connectivity index (χ0) is 41.6. The van der Waals surface area contributed by atoms with E-state index in [9.17, 15) is 28.8 Å². The average Bonchev–Trinajstić information content (AvgIpc) is 3.02. The third-order valence-electron chi connectivity index (χ3n) is 11.0. The maximum absolute atomic E-state index is 13.3. The number of carbonyl (C=O) groups excluding carboxylic acids is 6. The maximum Gasteiger partial charge on any atom is 0.331 e. The van der Waals surface area contributed by atoms with Crippen molar-refractivity contribution < 1.29 is 66.7 Å². The molecule has 14 heteroatoms. The molecule has 3 aliphatic rings. The molecule has 1 aliphatic heterocycles. The lowest BCUT2D eigenvalue weighted by Gasteiger charge is -2.61. The van der Waals surface area contributed by atoms with Crippen LogP contribution in [0.25, 0.3) is 0 Å². The fourth-order valence-electron chi connectivity index (χ4n) is 8.80. The van der Waals surface area contributed by atoms with Gasteiger partial charge in [0, 0.05) is 46.1 Å². The summed E-state index contributed by atoms with van der Waals surface area (Å²) in [7, 11) is 0. The van der Waals surface area contributed by atoms with Crippen molar-refractivity contribution in [2.24, 2.45) is 22.7 Å². The van der Waals surface area contributed by atoms with Gasteiger partial charge in [0.2, 0.25) is 0 Å². The minimum atomic E-state index is -1.35. The minimum Gasteiger partial charge on any atom is -0.462 e. The molecule has 1 heterocycles. The minimum absolute atomic E-state index is 0.0192. The van der Waals surface area contributed by atoms with Crippen LogP contribution >= 0.6 is 0 Å². The van der Waals surface area contributed by atoms with Crippen molar-refractivity contribution in [2.75, 3.05) is 6.61 Å². The van der Waals surface area contributed by atoms with Crippen LogP contribution < -0.4 is 0 Å². The van der Waals surface area contributed by atoms with Gasteiger partial charge in [0.25, 0.3) is 0 Å². The first-order valence-electron chi connectivity index (χ1n) is 18.8. The van der Waals surface area contributed by atoms with Gasteiger partial charge in [-0.25, -0.2) is 4.79 Å². The predicted molar refractivity (Wildman–Crippen MR) is 198 cm³/mol. The summed E-state index contributed by atoms with van der Waals surface area (Å²) in [5.41, 5.74) is 1.31. The summed E-state index contributed by atoms with van der Waals surface area (Å²) >= 11 is 0. The summed E-state index contributed by atoms with van der Waals surface area (Å²) in [4.78, 5) is 73.8. The molecule has 0 aromatic rings. The highest BCUT2D eigenvalue weighted by molar-refractivity contribution is 5.82. The molecule has 0 bridgehead atoms. The number of esters is 6. The molecule has 0 aromatic carbocycles. The number of hydrogen-bond acceptors (Lipinski definition) is 14.